The maximum atomic E-state index is 12.7. The molecule has 0 unspecified atom stereocenters. The smallest absolute Gasteiger partial charge is 0.313 e. The van der Waals surface area contributed by atoms with Crippen LogP contribution in [0, 0.1) is 0 Å². The van der Waals surface area contributed by atoms with Crippen LogP contribution in [0.4, 0.5) is 5.69 Å². The van der Waals surface area contributed by atoms with Crippen LogP contribution in [-0.2, 0) is 22.7 Å². The number of para-hydroxylation sites is 1. The monoisotopic (exact) mass is 431 g/mol. The zero-order valence-corrected chi connectivity index (χ0v) is 17.1. The van der Waals surface area contributed by atoms with E-state index in [4.69, 9.17) is 9.47 Å². The zero-order valence-electron chi connectivity index (χ0n) is 17.1. The number of rotatable bonds is 6. The van der Waals surface area contributed by atoms with E-state index in [9.17, 15) is 14.4 Å². The van der Waals surface area contributed by atoms with Crippen molar-refractivity contribution in [3.63, 3.8) is 0 Å². The third-order valence-corrected chi connectivity index (χ3v) is 4.81. The predicted molar refractivity (Wildman–Crippen MR) is 117 cm³/mol. The van der Waals surface area contributed by atoms with Gasteiger partial charge in [0.1, 0.15) is 0 Å². The number of anilines is 1. The lowest BCUT2D eigenvalue weighted by molar-refractivity contribution is -0.136. The van der Waals surface area contributed by atoms with Gasteiger partial charge in [0.25, 0.3) is 5.91 Å². The van der Waals surface area contributed by atoms with Crippen molar-refractivity contribution in [3.8, 4) is 11.5 Å². The fourth-order valence-corrected chi connectivity index (χ4v) is 3.16. The first-order chi connectivity index (χ1) is 15.6. The molecule has 3 amide bonds. The van der Waals surface area contributed by atoms with E-state index in [0.29, 0.717) is 11.5 Å². The van der Waals surface area contributed by atoms with Gasteiger partial charge < -0.3 is 25.4 Å². The summed E-state index contributed by atoms with van der Waals surface area (Å²) in [7, 11) is 0. The molecule has 0 spiro atoms. The van der Waals surface area contributed by atoms with E-state index >= 15 is 0 Å². The Morgan fingerprint density at radius 3 is 2.28 bits per heavy atom. The Bertz CT molecular complexity index is 1150. The van der Waals surface area contributed by atoms with Crippen LogP contribution in [0.3, 0.4) is 0 Å². The molecule has 1 heterocycles. The van der Waals surface area contributed by atoms with Crippen molar-refractivity contribution in [2.75, 3.05) is 12.1 Å². The molecule has 8 heteroatoms. The lowest BCUT2D eigenvalue weighted by atomic mass is 10.1. The molecule has 1 aliphatic rings. The van der Waals surface area contributed by atoms with Crippen molar-refractivity contribution in [2.45, 2.75) is 13.1 Å². The fraction of sp³-hybridized carbons (Fsp3) is 0.125. The lowest BCUT2D eigenvalue weighted by Crippen LogP contribution is -2.35. The van der Waals surface area contributed by atoms with Gasteiger partial charge in [-0.3, -0.25) is 14.4 Å². The van der Waals surface area contributed by atoms with Crippen LogP contribution < -0.4 is 25.4 Å². The average molecular weight is 431 g/mol. The highest BCUT2D eigenvalue weighted by Gasteiger charge is 2.18. The van der Waals surface area contributed by atoms with Crippen molar-refractivity contribution in [3.05, 3.63) is 89.5 Å². The number of fused-ring (bicyclic) bond motifs is 1. The van der Waals surface area contributed by atoms with Crippen LogP contribution in [0.5, 0.6) is 11.5 Å². The second kappa shape index (κ2) is 9.65. The number of nitrogens with one attached hydrogen (secondary N) is 3. The summed E-state index contributed by atoms with van der Waals surface area (Å²) in [5.74, 6) is -0.728. The second-order valence-corrected chi connectivity index (χ2v) is 7.04. The molecular formula is C24H21N3O5. The van der Waals surface area contributed by atoms with Gasteiger partial charge in [-0.2, -0.15) is 0 Å². The number of amides is 3. The summed E-state index contributed by atoms with van der Waals surface area (Å²) in [5.41, 5.74) is 2.20. The van der Waals surface area contributed by atoms with E-state index in [1.807, 2.05) is 36.4 Å². The number of carbonyl (C=O) groups excluding carboxylic acids is 3. The molecule has 0 saturated carbocycles. The van der Waals surface area contributed by atoms with Gasteiger partial charge in [0, 0.05) is 13.1 Å². The number of hydrogen-bond donors (Lipinski definition) is 3. The average Bonchev–Trinajstić information content (AvgIpc) is 3.30. The van der Waals surface area contributed by atoms with Gasteiger partial charge in [-0.15, -0.1) is 0 Å². The van der Waals surface area contributed by atoms with Crippen molar-refractivity contribution >= 4 is 23.4 Å². The summed E-state index contributed by atoms with van der Waals surface area (Å²) in [6, 6.07) is 21.2. The van der Waals surface area contributed by atoms with Gasteiger partial charge in [-0.05, 0) is 35.4 Å². The summed E-state index contributed by atoms with van der Waals surface area (Å²) in [5, 5.41) is 7.88. The molecular weight excluding hydrogens is 410 g/mol. The number of hydrogen-bond acceptors (Lipinski definition) is 5. The second-order valence-electron chi connectivity index (χ2n) is 7.04. The highest BCUT2D eigenvalue weighted by atomic mass is 16.7. The Morgan fingerprint density at radius 1 is 0.719 bits per heavy atom. The molecule has 3 aromatic carbocycles. The van der Waals surface area contributed by atoms with E-state index in [0.717, 1.165) is 11.1 Å². The van der Waals surface area contributed by atoms with Gasteiger partial charge in [0.15, 0.2) is 11.5 Å². The maximum absolute atomic E-state index is 12.7. The van der Waals surface area contributed by atoms with Crippen LogP contribution in [0.2, 0.25) is 0 Å². The summed E-state index contributed by atoms with van der Waals surface area (Å²) < 4.78 is 10.6. The quantitative estimate of drug-likeness (QED) is 0.521. The third kappa shape index (κ3) is 5.04. The highest BCUT2D eigenvalue weighted by molar-refractivity contribution is 6.40. The normalized spacial score (nSPS) is 11.5. The standard InChI is InChI=1S/C24H21N3O5/c28-22(25-14-17-10-11-20-21(12-17)32-15-31-20)18-8-4-5-9-19(18)27-24(30)23(29)26-13-16-6-2-1-3-7-16/h1-12H,13-15H2,(H,25,28)(H,26,29)(H,27,30). The first-order valence-corrected chi connectivity index (χ1v) is 9.99. The molecule has 3 aromatic rings. The molecule has 0 aliphatic carbocycles. The summed E-state index contributed by atoms with van der Waals surface area (Å²) in [6.45, 7) is 0.664. The molecule has 162 valence electrons. The maximum Gasteiger partial charge on any atom is 0.313 e. The Labute approximate surface area is 184 Å². The van der Waals surface area contributed by atoms with Crippen molar-refractivity contribution in [1.82, 2.24) is 10.6 Å². The van der Waals surface area contributed by atoms with E-state index in [2.05, 4.69) is 16.0 Å². The summed E-state index contributed by atoms with van der Waals surface area (Å²) >= 11 is 0. The van der Waals surface area contributed by atoms with Gasteiger partial charge >= 0.3 is 11.8 Å². The third-order valence-electron chi connectivity index (χ3n) is 4.81. The molecule has 32 heavy (non-hydrogen) atoms. The van der Waals surface area contributed by atoms with Crippen molar-refractivity contribution in [2.24, 2.45) is 0 Å². The van der Waals surface area contributed by atoms with Gasteiger partial charge in [-0.1, -0.05) is 48.5 Å². The minimum Gasteiger partial charge on any atom is -0.454 e. The Morgan fingerprint density at radius 2 is 1.44 bits per heavy atom. The predicted octanol–water partition coefficient (Wildman–Crippen LogP) is 2.60. The summed E-state index contributed by atoms with van der Waals surface area (Å²) in [4.78, 5) is 37.2. The van der Waals surface area contributed by atoms with Crippen LogP contribution in [0.1, 0.15) is 21.5 Å². The number of benzene rings is 3. The van der Waals surface area contributed by atoms with E-state index in [-0.39, 0.29) is 37.0 Å². The topological polar surface area (TPSA) is 106 Å². The fourth-order valence-electron chi connectivity index (χ4n) is 3.16. The molecule has 8 nitrogen and oxygen atoms in total. The Hall–Kier alpha value is -4.33. The van der Waals surface area contributed by atoms with Crippen molar-refractivity contribution in [1.29, 1.82) is 0 Å². The van der Waals surface area contributed by atoms with Gasteiger partial charge in [0.05, 0.1) is 11.3 Å². The van der Waals surface area contributed by atoms with E-state index in [1.54, 1.807) is 36.4 Å². The van der Waals surface area contributed by atoms with Crippen LogP contribution >= 0.6 is 0 Å². The number of carbonyl (C=O) groups is 3. The Balaban J connectivity index is 1.35. The molecule has 0 aromatic heterocycles. The molecule has 0 saturated heterocycles. The minimum atomic E-state index is -0.850. The molecule has 0 bridgehead atoms. The molecule has 0 radical (unpaired) electrons. The van der Waals surface area contributed by atoms with Crippen molar-refractivity contribution < 1.29 is 23.9 Å². The van der Waals surface area contributed by atoms with E-state index in [1.165, 1.54) is 0 Å². The first-order valence-electron chi connectivity index (χ1n) is 9.99. The minimum absolute atomic E-state index is 0.178. The van der Waals surface area contributed by atoms with E-state index < -0.39 is 11.8 Å². The molecule has 3 N–H and O–H groups in total. The lowest BCUT2D eigenvalue weighted by Gasteiger charge is -2.12. The van der Waals surface area contributed by atoms with Gasteiger partial charge in [-0.25, -0.2) is 0 Å². The Kier molecular flexibility index (Phi) is 6.31. The van der Waals surface area contributed by atoms with Crippen LogP contribution in [-0.4, -0.2) is 24.5 Å². The zero-order chi connectivity index (χ0) is 22.3. The van der Waals surface area contributed by atoms with Crippen LogP contribution in [0.15, 0.2) is 72.8 Å². The van der Waals surface area contributed by atoms with Gasteiger partial charge in [0.2, 0.25) is 6.79 Å². The largest absolute Gasteiger partial charge is 0.454 e. The summed E-state index contributed by atoms with van der Waals surface area (Å²) in [6.07, 6.45) is 0. The SMILES string of the molecule is O=C(NCc1ccccc1)C(=O)Nc1ccccc1C(=O)NCc1ccc2c(c1)OCO2. The number of ether oxygens (including phenoxy) is 2. The molecule has 0 atom stereocenters. The molecule has 4 rings (SSSR count). The molecule has 0 fully saturated rings. The highest BCUT2D eigenvalue weighted by Crippen LogP contribution is 2.32. The first kappa shape index (κ1) is 20.9. The van der Waals surface area contributed by atoms with Crippen LogP contribution in [0.25, 0.3) is 0 Å². The molecule has 1 aliphatic heterocycles.